The first-order valence-electron chi connectivity index (χ1n) is 20.0. The number of rotatable bonds is 3. The molecule has 0 bridgehead atoms. The van der Waals surface area contributed by atoms with Crippen molar-refractivity contribution in [2.45, 2.75) is 12.5 Å². The average Bonchev–Trinajstić information content (AvgIpc) is 3.83. The Morgan fingerprint density at radius 1 is 0.466 bits per heavy atom. The molecule has 0 saturated heterocycles. The molecule has 0 N–H and O–H groups in total. The van der Waals surface area contributed by atoms with Gasteiger partial charge >= 0.3 is 0 Å². The van der Waals surface area contributed by atoms with Gasteiger partial charge in [-0.25, -0.2) is 15.0 Å². The Hall–Kier alpha value is -7.63. The van der Waals surface area contributed by atoms with Gasteiger partial charge in [0.2, 0.25) is 0 Å². The Bertz CT molecular complexity index is 3780. The van der Waals surface area contributed by atoms with Gasteiger partial charge in [-0.2, -0.15) is 0 Å². The predicted molar refractivity (Wildman–Crippen MR) is 242 cm³/mol. The van der Waals surface area contributed by atoms with Crippen LogP contribution in [0.15, 0.2) is 182 Å². The SMILES string of the molecule is C1=CCC(n2c3ccccc3c3c4c(c5ccccc5c5c4c4ccccc4n5-c4nc(-c5cccc6ccccc56)nc5ncccc45)c4ccccc4c32)C=C1. The zero-order chi connectivity index (χ0) is 37.9. The van der Waals surface area contributed by atoms with E-state index in [0.717, 1.165) is 45.0 Å². The van der Waals surface area contributed by atoms with E-state index >= 15 is 0 Å². The molecule has 0 aliphatic heterocycles. The van der Waals surface area contributed by atoms with E-state index in [1.54, 1.807) is 0 Å². The minimum atomic E-state index is 0.193. The van der Waals surface area contributed by atoms with Crippen molar-refractivity contribution in [1.82, 2.24) is 24.1 Å². The van der Waals surface area contributed by atoms with Crippen molar-refractivity contribution in [2.75, 3.05) is 0 Å². The summed E-state index contributed by atoms with van der Waals surface area (Å²) in [6.07, 6.45) is 11.8. The second-order valence-electron chi connectivity index (χ2n) is 15.4. The fourth-order valence-electron chi connectivity index (χ4n) is 10.1. The van der Waals surface area contributed by atoms with Crippen LogP contribution in [0.1, 0.15) is 12.5 Å². The lowest BCUT2D eigenvalue weighted by Crippen LogP contribution is -2.07. The van der Waals surface area contributed by atoms with Crippen LogP contribution in [0.2, 0.25) is 0 Å². The third-order valence-corrected chi connectivity index (χ3v) is 12.4. The van der Waals surface area contributed by atoms with Crippen molar-refractivity contribution in [1.29, 1.82) is 0 Å². The van der Waals surface area contributed by atoms with E-state index in [2.05, 4.69) is 179 Å². The summed E-state index contributed by atoms with van der Waals surface area (Å²) in [6, 6.07) is 55.0. The predicted octanol–water partition coefficient (Wildman–Crippen LogP) is 13.6. The highest BCUT2D eigenvalue weighted by molar-refractivity contribution is 6.45. The highest BCUT2D eigenvalue weighted by Crippen LogP contribution is 2.51. The van der Waals surface area contributed by atoms with Crippen LogP contribution in [0.4, 0.5) is 0 Å². The molecule has 1 unspecified atom stereocenters. The van der Waals surface area contributed by atoms with Crippen molar-refractivity contribution < 1.29 is 0 Å². The average molecular weight is 740 g/mol. The highest BCUT2D eigenvalue weighted by Gasteiger charge is 2.28. The zero-order valence-corrected chi connectivity index (χ0v) is 31.3. The lowest BCUT2D eigenvalue weighted by atomic mass is 9.89. The molecule has 58 heavy (non-hydrogen) atoms. The molecule has 1 atom stereocenters. The molecule has 4 heterocycles. The zero-order valence-electron chi connectivity index (χ0n) is 31.3. The Balaban J connectivity index is 1.29. The summed E-state index contributed by atoms with van der Waals surface area (Å²) >= 11 is 0. The number of fused-ring (bicyclic) bond motifs is 17. The molecule has 4 aromatic heterocycles. The largest absolute Gasteiger partial charge is 0.333 e. The number of benzene rings is 8. The maximum absolute atomic E-state index is 5.57. The molecule has 0 radical (unpaired) electrons. The molecule has 12 aromatic rings. The molecule has 0 fully saturated rings. The van der Waals surface area contributed by atoms with Crippen LogP contribution in [0.25, 0.3) is 115 Å². The van der Waals surface area contributed by atoms with Gasteiger partial charge in [0.25, 0.3) is 0 Å². The van der Waals surface area contributed by atoms with Gasteiger partial charge < -0.3 is 4.57 Å². The van der Waals surface area contributed by atoms with E-state index in [0.29, 0.717) is 11.5 Å². The summed E-state index contributed by atoms with van der Waals surface area (Å²) in [7, 11) is 0. The maximum atomic E-state index is 5.57. The summed E-state index contributed by atoms with van der Waals surface area (Å²) in [5, 5.41) is 15.6. The monoisotopic (exact) mass is 739 g/mol. The fraction of sp³-hybridized carbons (Fsp3) is 0.0377. The van der Waals surface area contributed by atoms with E-state index in [1.807, 2.05) is 12.3 Å². The Kier molecular flexibility index (Phi) is 6.50. The van der Waals surface area contributed by atoms with Gasteiger partial charge in [-0.05, 0) is 57.6 Å². The van der Waals surface area contributed by atoms with Crippen LogP contribution in [0.3, 0.4) is 0 Å². The second kappa shape index (κ2) is 11.9. The summed E-state index contributed by atoms with van der Waals surface area (Å²) in [5.74, 6) is 1.47. The molecule has 1 aliphatic rings. The minimum absolute atomic E-state index is 0.193. The Morgan fingerprint density at radius 2 is 1.09 bits per heavy atom. The molecule has 5 nitrogen and oxygen atoms in total. The number of hydrogen-bond donors (Lipinski definition) is 0. The lowest BCUT2D eigenvalue weighted by Gasteiger charge is -2.20. The number of pyridine rings is 1. The van der Waals surface area contributed by atoms with Gasteiger partial charge in [0.1, 0.15) is 0 Å². The number of para-hydroxylation sites is 2. The molecule has 0 spiro atoms. The quantitative estimate of drug-likeness (QED) is 0.170. The molecule has 270 valence electrons. The highest BCUT2D eigenvalue weighted by atomic mass is 15.1. The third kappa shape index (κ3) is 4.22. The summed E-state index contributed by atoms with van der Waals surface area (Å²) < 4.78 is 5.01. The number of hydrogen-bond acceptors (Lipinski definition) is 3. The molecular formula is C53H33N5. The molecular weight excluding hydrogens is 707 g/mol. The molecule has 13 rings (SSSR count). The van der Waals surface area contributed by atoms with Crippen molar-refractivity contribution in [3.8, 4) is 17.2 Å². The first kappa shape index (κ1) is 31.6. The Labute approximate surface area is 332 Å². The number of nitrogens with zero attached hydrogens (tertiary/aromatic N) is 5. The van der Waals surface area contributed by atoms with Crippen LogP contribution in [0.5, 0.6) is 0 Å². The molecule has 0 amide bonds. The van der Waals surface area contributed by atoms with Crippen molar-refractivity contribution in [2.24, 2.45) is 0 Å². The molecule has 5 heteroatoms. The van der Waals surface area contributed by atoms with Crippen molar-refractivity contribution in [3.63, 3.8) is 0 Å². The van der Waals surface area contributed by atoms with Gasteiger partial charge in [-0.15, -0.1) is 0 Å². The fourth-order valence-corrected chi connectivity index (χ4v) is 10.1. The first-order chi connectivity index (χ1) is 28.8. The summed E-state index contributed by atoms with van der Waals surface area (Å²) in [6.45, 7) is 0. The minimum Gasteiger partial charge on any atom is -0.333 e. The van der Waals surface area contributed by atoms with Crippen molar-refractivity contribution in [3.05, 3.63) is 182 Å². The van der Waals surface area contributed by atoms with Crippen LogP contribution in [0, 0.1) is 0 Å². The van der Waals surface area contributed by atoms with Gasteiger partial charge in [0.15, 0.2) is 17.3 Å². The van der Waals surface area contributed by atoms with E-state index < -0.39 is 0 Å². The summed E-state index contributed by atoms with van der Waals surface area (Å²) in [5.41, 5.74) is 6.39. The molecule has 0 saturated carbocycles. The maximum Gasteiger partial charge on any atom is 0.165 e. The van der Waals surface area contributed by atoms with Gasteiger partial charge in [0.05, 0.1) is 28.0 Å². The lowest BCUT2D eigenvalue weighted by molar-refractivity contribution is 0.649. The van der Waals surface area contributed by atoms with Crippen LogP contribution < -0.4 is 0 Å². The Morgan fingerprint density at radius 3 is 1.86 bits per heavy atom. The number of aromatic nitrogens is 5. The van der Waals surface area contributed by atoms with Crippen LogP contribution in [-0.4, -0.2) is 24.1 Å². The topological polar surface area (TPSA) is 48.5 Å². The smallest absolute Gasteiger partial charge is 0.165 e. The van der Waals surface area contributed by atoms with E-state index in [4.69, 9.17) is 15.0 Å². The normalized spacial score (nSPS) is 14.5. The third-order valence-electron chi connectivity index (χ3n) is 12.4. The van der Waals surface area contributed by atoms with Gasteiger partial charge in [-0.1, -0.05) is 152 Å². The van der Waals surface area contributed by atoms with Crippen LogP contribution in [-0.2, 0) is 0 Å². The van der Waals surface area contributed by atoms with Crippen molar-refractivity contribution >= 4 is 97.7 Å². The van der Waals surface area contributed by atoms with Crippen LogP contribution >= 0.6 is 0 Å². The van der Waals surface area contributed by atoms with Gasteiger partial charge in [-0.3, -0.25) is 4.57 Å². The second-order valence-corrected chi connectivity index (χ2v) is 15.4. The number of allylic oxidation sites excluding steroid dienone is 4. The molecule has 1 aliphatic carbocycles. The molecule has 8 aromatic carbocycles. The first-order valence-corrected chi connectivity index (χ1v) is 20.0. The van der Waals surface area contributed by atoms with Gasteiger partial charge in [0, 0.05) is 55.0 Å². The van der Waals surface area contributed by atoms with E-state index in [9.17, 15) is 0 Å². The standard InChI is InChI=1S/C53H33N5/c1-2-18-33(19-3-1)57-43-29-12-10-25-40(43)46-48-45(35-21-6-8-23-37(35)49(46)57)36-22-7-9-24-38(36)50-47(48)41-26-11-13-30-44(41)58(50)53-42-28-15-31-54-51(42)55-52(56-53)39-27-14-17-32-16-4-5-20-34(32)39/h1-18,20-31,33H,19H2. The summed E-state index contributed by atoms with van der Waals surface area (Å²) in [4.78, 5) is 15.6. The van der Waals surface area contributed by atoms with E-state index in [1.165, 1.54) is 64.9 Å². The van der Waals surface area contributed by atoms with E-state index in [-0.39, 0.29) is 6.04 Å².